The van der Waals surface area contributed by atoms with E-state index in [1.165, 1.54) is 17.4 Å². The van der Waals surface area contributed by atoms with Crippen LogP contribution in [0.15, 0.2) is 9.59 Å². The van der Waals surface area contributed by atoms with Crippen molar-refractivity contribution in [2.45, 2.75) is 57.0 Å². The molecule has 0 atom stereocenters. The highest BCUT2D eigenvalue weighted by Crippen LogP contribution is 2.34. The number of hydrogen-bond acceptors (Lipinski definition) is 3. The van der Waals surface area contributed by atoms with E-state index in [9.17, 15) is 9.59 Å². The Morgan fingerprint density at radius 1 is 1.24 bits per heavy atom. The highest BCUT2D eigenvalue weighted by molar-refractivity contribution is 6.30. The first-order valence-electron chi connectivity index (χ1n) is 7.80. The molecule has 5 nitrogen and oxygen atoms in total. The van der Waals surface area contributed by atoms with E-state index >= 15 is 0 Å². The fourth-order valence-corrected chi connectivity index (χ4v) is 3.60. The minimum absolute atomic E-state index is 0.195. The largest absolute Gasteiger partial charge is 0.329 e. The molecule has 0 saturated heterocycles. The second kappa shape index (κ2) is 5.97. The van der Waals surface area contributed by atoms with Gasteiger partial charge in [0.15, 0.2) is 0 Å². The molecule has 0 amide bonds. The quantitative estimate of drug-likeness (QED) is 0.846. The number of halogens is 1. The number of aromatic nitrogens is 2. The Morgan fingerprint density at radius 2 is 1.90 bits per heavy atom. The van der Waals surface area contributed by atoms with E-state index in [2.05, 4.69) is 9.88 Å². The number of rotatable bonds is 5. The summed E-state index contributed by atoms with van der Waals surface area (Å²) in [5, 5.41) is 0.240. The molecule has 1 N–H and O–H groups in total. The van der Waals surface area contributed by atoms with E-state index in [4.69, 9.17) is 11.6 Å². The topological polar surface area (TPSA) is 58.1 Å². The lowest BCUT2D eigenvalue weighted by Gasteiger charge is -2.17. The zero-order valence-electron chi connectivity index (χ0n) is 12.4. The monoisotopic (exact) mass is 311 g/mol. The first-order chi connectivity index (χ1) is 10.1. The van der Waals surface area contributed by atoms with Crippen LogP contribution in [0.3, 0.4) is 0 Å². The normalized spacial score (nSPS) is 19.6. The fourth-order valence-electron chi connectivity index (χ4n) is 3.29. The molecule has 21 heavy (non-hydrogen) atoms. The summed E-state index contributed by atoms with van der Waals surface area (Å²) in [6, 6.07) is 0.626. The second-order valence-electron chi connectivity index (χ2n) is 6.31. The Hall–Kier alpha value is -1.07. The number of nitrogens with zero attached hydrogens (tertiary/aromatic N) is 2. The fraction of sp³-hybridized carbons (Fsp3) is 0.733. The van der Waals surface area contributed by atoms with E-state index in [0.717, 1.165) is 32.2 Å². The van der Waals surface area contributed by atoms with Crippen LogP contribution >= 0.6 is 11.6 Å². The predicted molar refractivity (Wildman–Crippen MR) is 83.2 cm³/mol. The molecular weight excluding hydrogens is 290 g/mol. The van der Waals surface area contributed by atoms with Crippen molar-refractivity contribution >= 4 is 11.6 Å². The lowest BCUT2D eigenvalue weighted by atomic mass is 10.0. The number of H-pyrrole nitrogens is 1. The van der Waals surface area contributed by atoms with Gasteiger partial charge >= 0.3 is 5.69 Å². The third-order valence-corrected chi connectivity index (χ3v) is 5.08. The Bertz CT molecular complexity index is 627. The van der Waals surface area contributed by atoms with Crippen LogP contribution in [0.1, 0.15) is 50.0 Å². The Kier molecular flexibility index (Phi) is 4.22. The van der Waals surface area contributed by atoms with Gasteiger partial charge in [0.2, 0.25) is 0 Å². The van der Waals surface area contributed by atoms with E-state index < -0.39 is 5.69 Å². The Morgan fingerprint density at radius 3 is 2.52 bits per heavy atom. The van der Waals surface area contributed by atoms with E-state index in [0.29, 0.717) is 18.2 Å². The summed E-state index contributed by atoms with van der Waals surface area (Å²) < 4.78 is 1.32. The van der Waals surface area contributed by atoms with Gasteiger partial charge in [-0.25, -0.2) is 4.79 Å². The van der Waals surface area contributed by atoms with Crippen molar-refractivity contribution in [3.8, 4) is 0 Å². The summed E-state index contributed by atoms with van der Waals surface area (Å²) in [5.41, 5.74) is 0.0265. The third-order valence-electron chi connectivity index (χ3n) is 4.78. The van der Waals surface area contributed by atoms with Gasteiger partial charge in [-0.2, -0.15) is 0 Å². The van der Waals surface area contributed by atoms with Gasteiger partial charge in [0.25, 0.3) is 5.56 Å². The summed E-state index contributed by atoms with van der Waals surface area (Å²) in [6.45, 7) is 1.15. The SMILES string of the molecule is CN(CCn1c(=O)[nH]c(Cl)c(C2CCCC2)c1=O)C1CC1. The van der Waals surface area contributed by atoms with Crippen LogP contribution in [-0.2, 0) is 6.54 Å². The van der Waals surface area contributed by atoms with Gasteiger partial charge in [0.1, 0.15) is 5.15 Å². The van der Waals surface area contributed by atoms with Crippen LogP contribution in [0.5, 0.6) is 0 Å². The molecule has 6 heteroatoms. The van der Waals surface area contributed by atoms with Gasteiger partial charge in [-0.1, -0.05) is 24.4 Å². The zero-order valence-corrected chi connectivity index (χ0v) is 13.2. The molecule has 116 valence electrons. The molecule has 3 rings (SSSR count). The molecule has 2 aliphatic carbocycles. The minimum atomic E-state index is -0.393. The summed E-state index contributed by atoms with van der Waals surface area (Å²) in [7, 11) is 2.05. The van der Waals surface area contributed by atoms with Gasteiger partial charge in [0, 0.05) is 19.1 Å². The number of nitrogens with one attached hydrogen (secondary N) is 1. The van der Waals surface area contributed by atoms with Crippen LogP contribution in [-0.4, -0.2) is 34.1 Å². The number of aromatic amines is 1. The van der Waals surface area contributed by atoms with Crippen LogP contribution in [0.2, 0.25) is 5.15 Å². The Labute approximate surface area is 128 Å². The maximum atomic E-state index is 12.6. The lowest BCUT2D eigenvalue weighted by Crippen LogP contribution is -2.41. The molecule has 0 aliphatic heterocycles. The first kappa shape index (κ1) is 14.9. The zero-order chi connectivity index (χ0) is 15.0. The number of hydrogen-bond donors (Lipinski definition) is 1. The van der Waals surface area contributed by atoms with E-state index in [1.54, 1.807) is 0 Å². The number of likely N-dealkylation sites (N-methyl/N-ethyl adjacent to an activating group) is 1. The predicted octanol–water partition coefficient (Wildman–Crippen LogP) is 1.94. The summed E-state index contributed by atoms with van der Waals surface area (Å²) in [6.07, 6.45) is 6.67. The molecule has 1 aromatic heterocycles. The molecule has 0 radical (unpaired) electrons. The lowest BCUT2D eigenvalue weighted by molar-refractivity contribution is 0.304. The van der Waals surface area contributed by atoms with Crippen molar-refractivity contribution < 1.29 is 0 Å². The standard InChI is InChI=1S/C15H22ClN3O2/c1-18(11-6-7-11)8-9-19-14(20)12(10-4-2-3-5-10)13(16)17-15(19)21/h10-11H,2-9H2,1H3,(H,17,21). The van der Waals surface area contributed by atoms with Gasteiger partial charge in [0.05, 0.1) is 5.56 Å². The highest BCUT2D eigenvalue weighted by Gasteiger charge is 2.27. The van der Waals surface area contributed by atoms with Crippen molar-refractivity contribution in [2.24, 2.45) is 0 Å². The smallest absolute Gasteiger partial charge is 0.302 e. The molecule has 0 spiro atoms. The molecule has 2 saturated carbocycles. The average Bonchev–Trinajstić information content (AvgIpc) is 3.16. The van der Waals surface area contributed by atoms with Gasteiger partial charge in [-0.15, -0.1) is 0 Å². The van der Waals surface area contributed by atoms with Crippen molar-refractivity contribution in [1.82, 2.24) is 14.5 Å². The molecule has 1 heterocycles. The van der Waals surface area contributed by atoms with Crippen LogP contribution in [0.4, 0.5) is 0 Å². The molecule has 2 aliphatic rings. The van der Waals surface area contributed by atoms with Crippen molar-refractivity contribution in [1.29, 1.82) is 0 Å². The molecule has 0 unspecified atom stereocenters. The minimum Gasteiger partial charge on any atom is -0.302 e. The Balaban J connectivity index is 1.86. The van der Waals surface area contributed by atoms with Crippen LogP contribution < -0.4 is 11.2 Å². The van der Waals surface area contributed by atoms with E-state index in [1.807, 2.05) is 7.05 Å². The molecular formula is C15H22ClN3O2. The maximum absolute atomic E-state index is 12.6. The third kappa shape index (κ3) is 3.09. The van der Waals surface area contributed by atoms with Gasteiger partial charge in [-0.05, 0) is 38.6 Å². The average molecular weight is 312 g/mol. The summed E-state index contributed by atoms with van der Waals surface area (Å²) in [4.78, 5) is 29.5. The van der Waals surface area contributed by atoms with Crippen LogP contribution in [0.25, 0.3) is 0 Å². The molecule has 1 aromatic rings. The maximum Gasteiger partial charge on any atom is 0.329 e. The first-order valence-corrected chi connectivity index (χ1v) is 8.18. The highest BCUT2D eigenvalue weighted by atomic mass is 35.5. The van der Waals surface area contributed by atoms with Crippen molar-refractivity contribution in [2.75, 3.05) is 13.6 Å². The summed E-state index contributed by atoms with van der Waals surface area (Å²) >= 11 is 6.13. The molecule has 0 bridgehead atoms. The second-order valence-corrected chi connectivity index (χ2v) is 6.69. The molecule has 2 fully saturated rings. The molecule has 0 aromatic carbocycles. The van der Waals surface area contributed by atoms with Crippen molar-refractivity contribution in [3.05, 3.63) is 31.6 Å². The summed E-state index contributed by atoms with van der Waals surface area (Å²) in [5.74, 6) is 0.203. The van der Waals surface area contributed by atoms with Crippen molar-refractivity contribution in [3.63, 3.8) is 0 Å². The van der Waals surface area contributed by atoms with Gasteiger partial charge in [-0.3, -0.25) is 14.3 Å². The van der Waals surface area contributed by atoms with Crippen LogP contribution in [0, 0.1) is 0 Å². The van der Waals surface area contributed by atoms with Gasteiger partial charge < -0.3 is 4.90 Å². The van der Waals surface area contributed by atoms with E-state index in [-0.39, 0.29) is 16.6 Å².